The van der Waals surface area contributed by atoms with Gasteiger partial charge in [0.05, 0.1) is 5.56 Å². The first-order chi connectivity index (χ1) is 8.39. The van der Waals surface area contributed by atoms with E-state index in [4.69, 9.17) is 0 Å². The Hall–Kier alpha value is -0.900. The second kappa shape index (κ2) is 5.00. The van der Waals surface area contributed by atoms with Crippen molar-refractivity contribution in [2.45, 2.75) is 26.7 Å². The third-order valence-corrected chi connectivity index (χ3v) is 4.06. The Morgan fingerprint density at radius 3 is 2.50 bits per heavy atom. The van der Waals surface area contributed by atoms with Gasteiger partial charge in [-0.05, 0) is 36.5 Å². The van der Waals surface area contributed by atoms with Crippen molar-refractivity contribution in [3.05, 3.63) is 34.1 Å². The molecule has 1 aromatic carbocycles. The molecule has 0 radical (unpaired) electrons. The monoisotopic (exact) mass is 313 g/mol. The second-order valence-corrected chi connectivity index (χ2v) is 6.50. The summed E-state index contributed by atoms with van der Waals surface area (Å²) in [5.41, 5.74) is 0.451. The zero-order valence-electron chi connectivity index (χ0n) is 10.7. The molecule has 2 nitrogen and oxygen atoms in total. The highest BCUT2D eigenvalue weighted by Gasteiger charge is 2.29. The summed E-state index contributed by atoms with van der Waals surface area (Å²) in [5.74, 6) is -0.658. The predicted molar refractivity (Wildman–Crippen MR) is 73.0 cm³/mol. The van der Waals surface area contributed by atoms with Crippen molar-refractivity contribution in [2.75, 3.05) is 13.1 Å². The number of amides is 1. The van der Waals surface area contributed by atoms with Crippen molar-refractivity contribution in [1.29, 1.82) is 0 Å². The number of carbonyl (C=O) groups is 1. The van der Waals surface area contributed by atoms with Gasteiger partial charge in [0.2, 0.25) is 0 Å². The van der Waals surface area contributed by atoms with Crippen LogP contribution in [0, 0.1) is 11.2 Å². The van der Waals surface area contributed by atoms with Crippen molar-refractivity contribution in [1.82, 2.24) is 4.90 Å². The van der Waals surface area contributed by atoms with Crippen LogP contribution in [-0.2, 0) is 0 Å². The zero-order chi connectivity index (χ0) is 13.3. The number of benzene rings is 1. The van der Waals surface area contributed by atoms with Crippen LogP contribution in [0.1, 0.15) is 37.0 Å². The number of nitrogens with zero attached hydrogens (tertiary/aromatic N) is 1. The minimum Gasteiger partial charge on any atom is -0.339 e. The first-order valence-corrected chi connectivity index (χ1v) is 6.93. The molecule has 1 aromatic rings. The molecule has 0 aromatic heterocycles. The van der Waals surface area contributed by atoms with E-state index in [-0.39, 0.29) is 16.9 Å². The number of likely N-dealkylation sites (tertiary alicyclic amines) is 1. The van der Waals surface area contributed by atoms with Gasteiger partial charge in [-0.15, -0.1) is 0 Å². The average molecular weight is 314 g/mol. The second-order valence-electron chi connectivity index (χ2n) is 5.58. The van der Waals surface area contributed by atoms with Gasteiger partial charge in [-0.1, -0.05) is 29.8 Å². The van der Waals surface area contributed by atoms with Gasteiger partial charge in [0.15, 0.2) is 0 Å². The first-order valence-electron chi connectivity index (χ1n) is 6.13. The van der Waals surface area contributed by atoms with Gasteiger partial charge in [-0.2, -0.15) is 0 Å². The van der Waals surface area contributed by atoms with E-state index in [0.29, 0.717) is 17.6 Å². The molecule has 1 aliphatic rings. The molecule has 0 unspecified atom stereocenters. The highest BCUT2D eigenvalue weighted by molar-refractivity contribution is 9.10. The Morgan fingerprint density at radius 1 is 1.33 bits per heavy atom. The molecule has 1 saturated heterocycles. The van der Waals surface area contributed by atoms with Gasteiger partial charge in [0.25, 0.3) is 5.91 Å². The Labute approximate surface area is 115 Å². The standard InChI is InChI=1S/C14H17BrFNO/c1-14(2)5-7-17(8-6-14)13(18)11-4-3-10(15)9-12(11)16/h3-4,9H,5-8H2,1-2H3. The molecule has 0 N–H and O–H groups in total. The summed E-state index contributed by atoms with van der Waals surface area (Å²) in [4.78, 5) is 14.0. The van der Waals surface area contributed by atoms with Crippen LogP contribution in [0.25, 0.3) is 0 Å². The summed E-state index contributed by atoms with van der Waals surface area (Å²) in [6, 6.07) is 4.58. The van der Waals surface area contributed by atoms with Gasteiger partial charge in [0.1, 0.15) is 5.82 Å². The van der Waals surface area contributed by atoms with E-state index in [0.717, 1.165) is 12.8 Å². The molecule has 18 heavy (non-hydrogen) atoms. The maximum absolute atomic E-state index is 13.7. The molecule has 0 aliphatic carbocycles. The number of piperidine rings is 1. The third kappa shape index (κ3) is 2.91. The van der Waals surface area contributed by atoms with Crippen molar-refractivity contribution in [3.8, 4) is 0 Å². The molecule has 0 saturated carbocycles. The van der Waals surface area contributed by atoms with Crippen LogP contribution < -0.4 is 0 Å². The molecule has 2 rings (SSSR count). The SMILES string of the molecule is CC1(C)CCN(C(=O)c2ccc(Br)cc2F)CC1. The molecule has 0 bridgehead atoms. The zero-order valence-corrected chi connectivity index (χ0v) is 12.3. The summed E-state index contributed by atoms with van der Waals surface area (Å²) in [6.45, 7) is 5.83. The highest BCUT2D eigenvalue weighted by atomic mass is 79.9. The lowest BCUT2D eigenvalue weighted by Gasteiger charge is -2.37. The lowest BCUT2D eigenvalue weighted by molar-refractivity contribution is 0.0625. The summed E-state index contributed by atoms with van der Waals surface area (Å²) >= 11 is 3.19. The van der Waals surface area contributed by atoms with E-state index < -0.39 is 5.82 Å². The Balaban J connectivity index is 2.13. The Morgan fingerprint density at radius 2 is 1.94 bits per heavy atom. The van der Waals surface area contributed by atoms with Crippen molar-refractivity contribution < 1.29 is 9.18 Å². The number of carbonyl (C=O) groups excluding carboxylic acids is 1. The van der Waals surface area contributed by atoms with Crippen LogP contribution in [0.15, 0.2) is 22.7 Å². The molecule has 1 heterocycles. The van der Waals surface area contributed by atoms with E-state index in [9.17, 15) is 9.18 Å². The van der Waals surface area contributed by atoms with Crippen LogP contribution in [0.2, 0.25) is 0 Å². The fourth-order valence-corrected chi connectivity index (χ4v) is 2.48. The van der Waals surface area contributed by atoms with Gasteiger partial charge >= 0.3 is 0 Å². The summed E-state index contributed by atoms with van der Waals surface area (Å²) in [6.07, 6.45) is 1.94. The van der Waals surface area contributed by atoms with E-state index in [1.165, 1.54) is 6.07 Å². The van der Waals surface area contributed by atoms with Crippen LogP contribution in [0.3, 0.4) is 0 Å². The first kappa shape index (κ1) is 13.5. The fraction of sp³-hybridized carbons (Fsp3) is 0.500. The number of hydrogen-bond donors (Lipinski definition) is 0. The van der Waals surface area contributed by atoms with Crippen LogP contribution >= 0.6 is 15.9 Å². The molecule has 1 amide bonds. The van der Waals surface area contributed by atoms with Gasteiger partial charge in [-0.25, -0.2) is 4.39 Å². The average Bonchev–Trinajstić information content (AvgIpc) is 2.28. The van der Waals surface area contributed by atoms with E-state index >= 15 is 0 Å². The topological polar surface area (TPSA) is 20.3 Å². The molecule has 1 aliphatic heterocycles. The number of halogens is 2. The van der Waals surface area contributed by atoms with Crippen LogP contribution in [0.4, 0.5) is 4.39 Å². The van der Waals surface area contributed by atoms with Gasteiger partial charge in [0, 0.05) is 17.6 Å². The maximum Gasteiger partial charge on any atom is 0.256 e. The molecule has 0 atom stereocenters. The van der Waals surface area contributed by atoms with E-state index in [1.807, 2.05) is 0 Å². The fourth-order valence-electron chi connectivity index (χ4n) is 2.15. The molecule has 4 heteroatoms. The Bertz CT molecular complexity index is 463. The van der Waals surface area contributed by atoms with E-state index in [2.05, 4.69) is 29.8 Å². The lowest BCUT2D eigenvalue weighted by Crippen LogP contribution is -2.41. The summed E-state index contributed by atoms with van der Waals surface area (Å²) in [7, 11) is 0. The molecule has 1 fully saturated rings. The van der Waals surface area contributed by atoms with Crippen LogP contribution in [0.5, 0.6) is 0 Å². The smallest absolute Gasteiger partial charge is 0.256 e. The van der Waals surface area contributed by atoms with Crippen molar-refractivity contribution in [2.24, 2.45) is 5.41 Å². The van der Waals surface area contributed by atoms with Gasteiger partial charge in [-0.3, -0.25) is 4.79 Å². The minimum absolute atomic E-state index is 0.165. The highest BCUT2D eigenvalue weighted by Crippen LogP contribution is 2.30. The normalized spacial score (nSPS) is 18.8. The number of hydrogen-bond acceptors (Lipinski definition) is 1. The van der Waals surface area contributed by atoms with Crippen molar-refractivity contribution in [3.63, 3.8) is 0 Å². The van der Waals surface area contributed by atoms with Crippen molar-refractivity contribution >= 4 is 21.8 Å². The minimum atomic E-state index is -0.459. The summed E-state index contributed by atoms with van der Waals surface area (Å²) < 4.78 is 14.4. The molecular weight excluding hydrogens is 297 g/mol. The van der Waals surface area contributed by atoms with E-state index in [1.54, 1.807) is 17.0 Å². The molecule has 0 spiro atoms. The summed E-state index contributed by atoms with van der Waals surface area (Å²) in [5, 5.41) is 0. The predicted octanol–water partition coefficient (Wildman–Crippen LogP) is 3.85. The molecule has 98 valence electrons. The molecular formula is C14H17BrFNO. The largest absolute Gasteiger partial charge is 0.339 e. The van der Waals surface area contributed by atoms with Gasteiger partial charge < -0.3 is 4.90 Å². The lowest BCUT2D eigenvalue weighted by atomic mass is 9.82. The van der Waals surface area contributed by atoms with Crippen LogP contribution in [-0.4, -0.2) is 23.9 Å². The maximum atomic E-state index is 13.7. The number of rotatable bonds is 1. The quantitative estimate of drug-likeness (QED) is 0.771. The third-order valence-electron chi connectivity index (χ3n) is 3.57. The Kier molecular flexibility index (Phi) is 3.76.